The molecular formula is C25H28N6O4. The smallest absolute Gasteiger partial charge is 0.164 e. The van der Waals surface area contributed by atoms with Gasteiger partial charge in [-0.15, -0.1) is 0 Å². The number of nitrogens with two attached hydrogens (primary N) is 1. The normalized spacial score (nSPS) is 24.3. The van der Waals surface area contributed by atoms with E-state index in [1.54, 1.807) is 10.8 Å². The molecule has 182 valence electrons. The molecule has 6 rings (SSSR count). The number of pyridine rings is 1. The van der Waals surface area contributed by atoms with Gasteiger partial charge in [0.1, 0.15) is 54.3 Å². The molecule has 0 unspecified atom stereocenters. The van der Waals surface area contributed by atoms with Crippen LogP contribution >= 0.6 is 0 Å². The predicted molar refractivity (Wildman–Crippen MR) is 131 cm³/mol. The number of aliphatic hydroxyl groups excluding tert-OH is 2. The van der Waals surface area contributed by atoms with Gasteiger partial charge >= 0.3 is 0 Å². The number of nitrogens with one attached hydrogen (secondary N) is 1. The molecule has 0 spiro atoms. The number of anilines is 2. The minimum Gasteiger partial charge on any atom is -0.491 e. The fraction of sp³-hybridized carbons (Fsp3) is 0.400. The lowest BCUT2D eigenvalue weighted by Gasteiger charge is -2.17. The van der Waals surface area contributed by atoms with Crippen LogP contribution in [0.3, 0.4) is 0 Å². The summed E-state index contributed by atoms with van der Waals surface area (Å²) in [6.07, 6.45) is 1.87. The Balaban J connectivity index is 1.17. The number of nitrogen functional groups attached to an aromatic ring is 1. The summed E-state index contributed by atoms with van der Waals surface area (Å²) >= 11 is 0. The van der Waals surface area contributed by atoms with Crippen LogP contribution in [0.2, 0.25) is 0 Å². The minimum atomic E-state index is -1.16. The highest BCUT2D eigenvalue weighted by Gasteiger charge is 2.44. The van der Waals surface area contributed by atoms with Crippen molar-refractivity contribution in [3.05, 3.63) is 48.4 Å². The molecule has 3 aromatic heterocycles. The van der Waals surface area contributed by atoms with Gasteiger partial charge in [-0.25, -0.2) is 15.0 Å². The van der Waals surface area contributed by atoms with Crippen molar-refractivity contribution in [2.24, 2.45) is 5.92 Å². The maximum absolute atomic E-state index is 10.7. The van der Waals surface area contributed by atoms with Gasteiger partial charge in [0.2, 0.25) is 0 Å². The van der Waals surface area contributed by atoms with Crippen LogP contribution in [0.15, 0.2) is 42.9 Å². The maximum atomic E-state index is 10.7. The number of aromatic nitrogens is 4. The lowest BCUT2D eigenvalue weighted by molar-refractivity contribution is -0.0472. The fourth-order valence-electron chi connectivity index (χ4n) is 4.62. The van der Waals surface area contributed by atoms with E-state index in [1.165, 1.54) is 19.2 Å². The Kier molecular flexibility index (Phi) is 5.43. The van der Waals surface area contributed by atoms with Crippen LogP contribution in [0.5, 0.6) is 5.75 Å². The molecule has 4 aromatic rings. The molecule has 1 saturated carbocycles. The van der Waals surface area contributed by atoms with E-state index < -0.39 is 24.5 Å². The molecule has 4 atom stereocenters. The highest BCUT2D eigenvalue weighted by atomic mass is 16.6. The van der Waals surface area contributed by atoms with E-state index >= 15 is 0 Å². The first-order chi connectivity index (χ1) is 17.0. The SMILES string of the molecule is Cc1cn([C@@H]2O[C@H](COc3ccc4ccc(NCC5CC5)nc4c3)[C@@H](O)[C@H]2O)c2ncnc(N)c12. The summed E-state index contributed by atoms with van der Waals surface area (Å²) in [5.74, 6) is 2.58. The number of fused-ring (bicyclic) bond motifs is 2. The highest BCUT2D eigenvalue weighted by Crippen LogP contribution is 2.35. The van der Waals surface area contributed by atoms with Crippen molar-refractivity contribution in [3.8, 4) is 5.75 Å². The minimum absolute atomic E-state index is 0.0646. The monoisotopic (exact) mass is 476 g/mol. The molecular weight excluding hydrogens is 448 g/mol. The maximum Gasteiger partial charge on any atom is 0.164 e. The van der Waals surface area contributed by atoms with E-state index in [0.29, 0.717) is 22.6 Å². The molecule has 2 aliphatic rings. The Hall–Kier alpha value is -3.47. The second-order valence-electron chi connectivity index (χ2n) is 9.41. The van der Waals surface area contributed by atoms with Gasteiger partial charge < -0.3 is 35.3 Å². The van der Waals surface area contributed by atoms with Gasteiger partial charge in [0.05, 0.1) is 10.9 Å². The van der Waals surface area contributed by atoms with E-state index in [4.69, 9.17) is 20.2 Å². The zero-order valence-electron chi connectivity index (χ0n) is 19.3. The lowest BCUT2D eigenvalue weighted by atomic mass is 10.1. The molecule has 1 aliphatic carbocycles. The van der Waals surface area contributed by atoms with E-state index in [9.17, 15) is 10.2 Å². The first-order valence-electron chi connectivity index (χ1n) is 11.8. The molecule has 10 nitrogen and oxygen atoms in total. The average Bonchev–Trinajstić information content (AvgIpc) is 3.57. The predicted octanol–water partition coefficient (Wildman–Crippen LogP) is 2.39. The van der Waals surface area contributed by atoms with Gasteiger partial charge in [-0.1, -0.05) is 0 Å². The van der Waals surface area contributed by atoms with Crippen LogP contribution in [0.1, 0.15) is 24.6 Å². The van der Waals surface area contributed by atoms with Gasteiger partial charge in [0.25, 0.3) is 0 Å². The standard InChI is InChI=1S/C25H28N6O4/c1-13-10-31(24-20(13)23(26)28-12-29-24)25-22(33)21(32)18(35-25)11-34-16-6-4-15-5-7-19(30-17(15)8-16)27-9-14-2-3-14/h4-8,10,12,14,18,21-22,25,32-33H,2-3,9,11H2,1H3,(H,27,30)(H2,26,28,29)/t18-,21-,22-,25-/m1/s1. The molecule has 1 aliphatic heterocycles. The summed E-state index contributed by atoms with van der Waals surface area (Å²) in [7, 11) is 0. The number of aliphatic hydroxyl groups is 2. The van der Waals surface area contributed by atoms with Gasteiger partial charge in [-0.3, -0.25) is 0 Å². The first kappa shape index (κ1) is 22.0. The Morgan fingerprint density at radius 1 is 1.17 bits per heavy atom. The quantitative estimate of drug-likeness (QED) is 0.316. The number of rotatable bonds is 7. The number of ether oxygens (including phenoxy) is 2. The van der Waals surface area contributed by atoms with Crippen molar-refractivity contribution in [2.45, 2.75) is 44.3 Å². The Morgan fingerprint density at radius 2 is 2.00 bits per heavy atom. The summed E-state index contributed by atoms with van der Waals surface area (Å²) in [5, 5.41) is 26.5. The molecule has 35 heavy (non-hydrogen) atoms. The lowest BCUT2D eigenvalue weighted by Crippen LogP contribution is -2.34. The van der Waals surface area contributed by atoms with E-state index in [-0.39, 0.29) is 6.61 Å². The van der Waals surface area contributed by atoms with Gasteiger partial charge in [-0.2, -0.15) is 0 Å². The number of benzene rings is 1. The zero-order chi connectivity index (χ0) is 24.1. The molecule has 1 aromatic carbocycles. The first-order valence-corrected chi connectivity index (χ1v) is 11.8. The van der Waals surface area contributed by atoms with Crippen LogP contribution in [0.25, 0.3) is 21.9 Å². The van der Waals surface area contributed by atoms with Gasteiger partial charge in [0, 0.05) is 24.2 Å². The molecule has 4 heterocycles. The number of hydrogen-bond acceptors (Lipinski definition) is 9. The van der Waals surface area contributed by atoms with E-state index in [1.807, 2.05) is 37.3 Å². The number of hydrogen-bond donors (Lipinski definition) is 4. The molecule has 0 amide bonds. The van der Waals surface area contributed by atoms with Crippen LogP contribution in [0, 0.1) is 12.8 Å². The van der Waals surface area contributed by atoms with Crippen molar-refractivity contribution in [1.29, 1.82) is 0 Å². The van der Waals surface area contributed by atoms with Crippen LogP contribution in [0.4, 0.5) is 11.6 Å². The average molecular weight is 477 g/mol. The summed E-state index contributed by atoms with van der Waals surface area (Å²) in [6.45, 7) is 2.90. The third-order valence-electron chi connectivity index (χ3n) is 6.79. The molecule has 0 radical (unpaired) electrons. The molecule has 5 N–H and O–H groups in total. The van der Waals surface area contributed by atoms with E-state index in [0.717, 1.165) is 34.7 Å². The molecule has 0 bridgehead atoms. The largest absolute Gasteiger partial charge is 0.491 e. The summed E-state index contributed by atoms with van der Waals surface area (Å²) in [6, 6.07) is 9.70. The van der Waals surface area contributed by atoms with Crippen molar-refractivity contribution < 1.29 is 19.7 Å². The molecule has 1 saturated heterocycles. The molecule has 2 fully saturated rings. The summed E-state index contributed by atoms with van der Waals surface area (Å²) in [5.41, 5.74) is 8.23. The summed E-state index contributed by atoms with van der Waals surface area (Å²) in [4.78, 5) is 13.0. The third kappa shape index (κ3) is 4.13. The molecule has 10 heteroatoms. The second-order valence-corrected chi connectivity index (χ2v) is 9.41. The summed E-state index contributed by atoms with van der Waals surface area (Å²) < 4.78 is 13.7. The van der Waals surface area contributed by atoms with Gasteiger partial charge in [-0.05, 0) is 55.5 Å². The fourth-order valence-corrected chi connectivity index (χ4v) is 4.62. The van der Waals surface area contributed by atoms with Crippen molar-refractivity contribution in [1.82, 2.24) is 19.5 Å². The second kappa shape index (κ2) is 8.63. The third-order valence-corrected chi connectivity index (χ3v) is 6.79. The Bertz CT molecular complexity index is 1390. The highest BCUT2D eigenvalue weighted by molar-refractivity contribution is 5.89. The topological polar surface area (TPSA) is 141 Å². The van der Waals surface area contributed by atoms with Crippen molar-refractivity contribution in [3.63, 3.8) is 0 Å². The Morgan fingerprint density at radius 3 is 2.83 bits per heavy atom. The van der Waals surface area contributed by atoms with Crippen LogP contribution in [-0.2, 0) is 4.74 Å². The van der Waals surface area contributed by atoms with Crippen LogP contribution in [-0.4, -0.2) is 61.2 Å². The van der Waals surface area contributed by atoms with Crippen LogP contribution < -0.4 is 15.8 Å². The Labute approximate surface area is 201 Å². The number of nitrogens with zero attached hydrogens (tertiary/aromatic N) is 4. The van der Waals surface area contributed by atoms with Crippen molar-refractivity contribution >= 4 is 33.6 Å². The number of aryl methyl sites for hydroxylation is 1. The van der Waals surface area contributed by atoms with Gasteiger partial charge in [0.15, 0.2) is 6.23 Å². The van der Waals surface area contributed by atoms with E-state index in [2.05, 4.69) is 15.3 Å². The zero-order valence-corrected chi connectivity index (χ0v) is 19.3. The van der Waals surface area contributed by atoms with Crippen molar-refractivity contribution in [2.75, 3.05) is 24.2 Å².